The second-order valence-electron chi connectivity index (χ2n) is 8.52. The van der Waals surface area contributed by atoms with E-state index in [4.69, 9.17) is 0 Å². The average Bonchev–Trinajstić information content (AvgIpc) is 3.39. The number of halogens is 1. The van der Waals surface area contributed by atoms with E-state index in [0.29, 0.717) is 17.3 Å². The Labute approximate surface area is 187 Å². The summed E-state index contributed by atoms with van der Waals surface area (Å²) in [6.45, 7) is 4.90. The van der Waals surface area contributed by atoms with E-state index in [1.807, 2.05) is 53.6 Å². The Morgan fingerprint density at radius 3 is 2.59 bits per heavy atom. The number of para-hydroxylation sites is 1. The summed E-state index contributed by atoms with van der Waals surface area (Å²) in [7, 11) is 0. The number of carbonyl (C=O) groups excluding carboxylic acids is 1. The molecule has 32 heavy (non-hydrogen) atoms. The summed E-state index contributed by atoms with van der Waals surface area (Å²) in [6.07, 6.45) is 5.71. The van der Waals surface area contributed by atoms with Crippen LogP contribution in [0.2, 0.25) is 0 Å². The number of piperidine rings is 1. The van der Waals surface area contributed by atoms with Gasteiger partial charge in [-0.05, 0) is 49.2 Å². The Morgan fingerprint density at radius 1 is 0.969 bits per heavy atom. The topological polar surface area (TPSA) is 44.6 Å². The second-order valence-corrected chi connectivity index (χ2v) is 8.52. The minimum absolute atomic E-state index is 0.0775. The molecule has 0 saturated carbocycles. The third-order valence-corrected chi connectivity index (χ3v) is 6.57. The van der Waals surface area contributed by atoms with Crippen LogP contribution in [0.1, 0.15) is 23.2 Å². The number of carbonyl (C=O) groups is 1. The molecule has 2 aliphatic heterocycles. The van der Waals surface area contributed by atoms with E-state index in [1.54, 1.807) is 16.9 Å². The zero-order valence-corrected chi connectivity index (χ0v) is 18.1. The van der Waals surface area contributed by atoms with Gasteiger partial charge in [0.25, 0.3) is 5.91 Å². The first-order valence-corrected chi connectivity index (χ1v) is 11.3. The van der Waals surface area contributed by atoms with E-state index >= 15 is 0 Å². The standard InChI is InChI=1S/C25H28FN5O/c26-23-9-1-2-10-24(23)29-16-14-28(15-17-29)22-8-4-12-30(19-22)25(32)20-6-3-7-21(18-20)31-13-5-11-27-31/h1-3,5-7,9-11,13,18,22H,4,8,12,14-17,19H2/t22-/m0/s1. The fraction of sp³-hybridized carbons (Fsp3) is 0.360. The molecular formula is C25H28FN5O. The van der Waals surface area contributed by atoms with Crippen molar-refractivity contribution in [3.8, 4) is 5.69 Å². The number of likely N-dealkylation sites (tertiary alicyclic amines) is 1. The average molecular weight is 434 g/mol. The molecule has 0 unspecified atom stereocenters. The molecule has 0 spiro atoms. The lowest BCUT2D eigenvalue weighted by atomic mass is 10.0. The van der Waals surface area contributed by atoms with Crippen molar-refractivity contribution in [1.82, 2.24) is 19.6 Å². The molecule has 0 aliphatic carbocycles. The number of rotatable bonds is 4. The SMILES string of the molecule is O=C(c1cccc(-n2cccn2)c1)N1CCC[C@H](N2CCN(c3ccccc3F)CC2)C1. The lowest BCUT2D eigenvalue weighted by Gasteiger charge is -2.44. The summed E-state index contributed by atoms with van der Waals surface area (Å²) in [5.41, 5.74) is 2.27. The second kappa shape index (κ2) is 9.12. The molecule has 2 saturated heterocycles. The van der Waals surface area contributed by atoms with Crippen molar-refractivity contribution in [2.75, 3.05) is 44.2 Å². The van der Waals surface area contributed by atoms with Gasteiger partial charge < -0.3 is 9.80 Å². The first-order valence-electron chi connectivity index (χ1n) is 11.3. The maximum atomic E-state index is 14.1. The summed E-state index contributed by atoms with van der Waals surface area (Å²) in [5, 5.41) is 4.26. The predicted molar refractivity (Wildman–Crippen MR) is 123 cm³/mol. The highest BCUT2D eigenvalue weighted by atomic mass is 19.1. The smallest absolute Gasteiger partial charge is 0.253 e. The fourth-order valence-corrected chi connectivity index (χ4v) is 4.86. The molecule has 1 atom stereocenters. The van der Waals surface area contributed by atoms with Crippen molar-refractivity contribution in [1.29, 1.82) is 0 Å². The van der Waals surface area contributed by atoms with Crippen LogP contribution in [0.25, 0.3) is 5.69 Å². The van der Waals surface area contributed by atoms with Crippen LogP contribution in [0.3, 0.4) is 0 Å². The minimum Gasteiger partial charge on any atom is -0.367 e. The number of nitrogens with zero attached hydrogens (tertiary/aromatic N) is 5. The lowest BCUT2D eigenvalue weighted by molar-refractivity contribution is 0.0563. The molecule has 0 radical (unpaired) electrons. The highest BCUT2D eigenvalue weighted by molar-refractivity contribution is 5.94. The maximum absolute atomic E-state index is 14.1. The molecule has 3 aromatic rings. The van der Waals surface area contributed by atoms with Crippen molar-refractivity contribution in [3.05, 3.63) is 78.4 Å². The van der Waals surface area contributed by atoms with E-state index < -0.39 is 0 Å². The number of amides is 1. The van der Waals surface area contributed by atoms with Gasteiger partial charge in [0.2, 0.25) is 0 Å². The molecule has 3 heterocycles. The van der Waals surface area contributed by atoms with E-state index in [-0.39, 0.29) is 11.7 Å². The van der Waals surface area contributed by atoms with Gasteiger partial charge in [-0.15, -0.1) is 0 Å². The molecule has 2 fully saturated rings. The first-order chi connectivity index (χ1) is 15.7. The summed E-state index contributed by atoms with van der Waals surface area (Å²) >= 11 is 0. The van der Waals surface area contributed by atoms with Crippen LogP contribution in [-0.2, 0) is 0 Å². The molecule has 0 bridgehead atoms. The number of aromatic nitrogens is 2. The van der Waals surface area contributed by atoms with E-state index in [1.165, 1.54) is 6.07 Å². The van der Waals surface area contributed by atoms with Crippen LogP contribution in [0.5, 0.6) is 0 Å². The van der Waals surface area contributed by atoms with Gasteiger partial charge >= 0.3 is 0 Å². The van der Waals surface area contributed by atoms with Gasteiger partial charge in [0.05, 0.1) is 11.4 Å². The van der Waals surface area contributed by atoms with Gasteiger partial charge in [-0.3, -0.25) is 9.69 Å². The van der Waals surface area contributed by atoms with E-state index in [0.717, 1.165) is 57.8 Å². The van der Waals surface area contributed by atoms with Crippen molar-refractivity contribution >= 4 is 11.6 Å². The largest absolute Gasteiger partial charge is 0.367 e. The Hall–Kier alpha value is -3.19. The van der Waals surface area contributed by atoms with Crippen molar-refractivity contribution in [2.45, 2.75) is 18.9 Å². The van der Waals surface area contributed by atoms with Crippen LogP contribution in [0.4, 0.5) is 10.1 Å². The van der Waals surface area contributed by atoms with Crippen LogP contribution in [0, 0.1) is 5.82 Å². The molecule has 1 amide bonds. The zero-order chi connectivity index (χ0) is 21.9. The van der Waals surface area contributed by atoms with E-state index in [9.17, 15) is 9.18 Å². The highest BCUT2D eigenvalue weighted by Crippen LogP contribution is 2.24. The number of piperazine rings is 1. The van der Waals surface area contributed by atoms with E-state index in [2.05, 4.69) is 14.9 Å². The highest BCUT2D eigenvalue weighted by Gasteiger charge is 2.30. The van der Waals surface area contributed by atoms with Crippen LogP contribution < -0.4 is 4.90 Å². The van der Waals surface area contributed by atoms with Crippen LogP contribution in [-0.4, -0.2) is 70.8 Å². The maximum Gasteiger partial charge on any atom is 0.253 e. The molecule has 0 N–H and O–H groups in total. The van der Waals surface area contributed by atoms with Gasteiger partial charge in [0.15, 0.2) is 0 Å². The molecule has 2 aliphatic rings. The fourth-order valence-electron chi connectivity index (χ4n) is 4.86. The lowest BCUT2D eigenvalue weighted by Crippen LogP contribution is -2.56. The van der Waals surface area contributed by atoms with Gasteiger partial charge in [-0.2, -0.15) is 5.10 Å². The molecular weight excluding hydrogens is 405 g/mol. The van der Waals surface area contributed by atoms with Gasteiger partial charge in [0, 0.05) is 63.3 Å². The van der Waals surface area contributed by atoms with Crippen LogP contribution >= 0.6 is 0 Å². The number of hydrogen-bond acceptors (Lipinski definition) is 4. The molecule has 1 aromatic heterocycles. The zero-order valence-electron chi connectivity index (χ0n) is 18.1. The number of hydrogen-bond donors (Lipinski definition) is 0. The Bertz CT molecular complexity index is 1060. The summed E-state index contributed by atoms with van der Waals surface area (Å²) < 4.78 is 15.9. The summed E-state index contributed by atoms with van der Waals surface area (Å²) in [5.74, 6) is -0.0820. The number of benzene rings is 2. The summed E-state index contributed by atoms with van der Waals surface area (Å²) in [4.78, 5) is 19.8. The monoisotopic (exact) mass is 433 g/mol. The normalized spacial score (nSPS) is 19.8. The molecule has 166 valence electrons. The van der Waals surface area contributed by atoms with Gasteiger partial charge in [-0.1, -0.05) is 18.2 Å². The van der Waals surface area contributed by atoms with Crippen molar-refractivity contribution < 1.29 is 9.18 Å². The van der Waals surface area contributed by atoms with Crippen LogP contribution in [0.15, 0.2) is 67.0 Å². The molecule has 7 heteroatoms. The van der Waals surface area contributed by atoms with Crippen molar-refractivity contribution in [3.63, 3.8) is 0 Å². The molecule has 6 nitrogen and oxygen atoms in total. The minimum atomic E-state index is -0.160. The summed E-state index contributed by atoms with van der Waals surface area (Å²) in [6, 6.07) is 16.9. The third-order valence-electron chi connectivity index (χ3n) is 6.57. The van der Waals surface area contributed by atoms with Gasteiger partial charge in [-0.25, -0.2) is 9.07 Å². The quantitative estimate of drug-likeness (QED) is 0.632. The molecule has 5 rings (SSSR count). The Balaban J connectivity index is 1.22. The Morgan fingerprint density at radius 2 is 1.81 bits per heavy atom. The third kappa shape index (κ3) is 4.25. The van der Waals surface area contributed by atoms with Gasteiger partial charge in [0.1, 0.15) is 5.82 Å². The van der Waals surface area contributed by atoms with Crippen molar-refractivity contribution in [2.24, 2.45) is 0 Å². The number of anilines is 1. The Kier molecular flexibility index (Phi) is 5.90. The first kappa shape index (κ1) is 20.7. The predicted octanol–water partition coefficient (Wildman–Crippen LogP) is 3.44. The molecule has 2 aromatic carbocycles.